The number of ketones is 1. The molecular formula is C12H7F2NO3S2. The van der Waals surface area contributed by atoms with Gasteiger partial charge in [-0.2, -0.15) is 0 Å². The Kier molecular flexibility index (Phi) is 4.15. The van der Waals surface area contributed by atoms with Crippen LogP contribution in [0.3, 0.4) is 0 Å². The molecule has 0 fully saturated rings. The van der Waals surface area contributed by atoms with E-state index in [0.29, 0.717) is 4.90 Å². The van der Waals surface area contributed by atoms with Crippen LogP contribution < -0.4 is 0 Å². The zero-order valence-electron chi connectivity index (χ0n) is 10.1. The van der Waals surface area contributed by atoms with Crippen molar-refractivity contribution in [1.82, 2.24) is 0 Å². The van der Waals surface area contributed by atoms with Gasteiger partial charge in [0.05, 0.1) is 9.80 Å². The van der Waals surface area contributed by atoms with Crippen LogP contribution >= 0.6 is 23.1 Å². The molecule has 0 saturated carbocycles. The molecule has 0 bridgehead atoms. The minimum atomic E-state index is -1.03. The van der Waals surface area contributed by atoms with Crippen LogP contribution in [0.5, 0.6) is 0 Å². The molecule has 104 valence electrons. The molecule has 0 atom stereocenters. The molecule has 1 aromatic carbocycles. The molecule has 20 heavy (non-hydrogen) atoms. The van der Waals surface area contributed by atoms with Gasteiger partial charge in [0.2, 0.25) is 0 Å². The lowest BCUT2D eigenvalue weighted by atomic mass is 10.3. The molecule has 4 nitrogen and oxygen atoms in total. The highest BCUT2D eigenvalue weighted by Crippen LogP contribution is 2.41. The summed E-state index contributed by atoms with van der Waals surface area (Å²) in [6.45, 7) is 1.31. The van der Waals surface area contributed by atoms with Gasteiger partial charge in [0.15, 0.2) is 17.4 Å². The van der Waals surface area contributed by atoms with Crippen molar-refractivity contribution in [2.24, 2.45) is 0 Å². The van der Waals surface area contributed by atoms with E-state index in [0.717, 1.165) is 35.2 Å². The normalized spacial score (nSPS) is 10.6. The Hall–Kier alpha value is -1.80. The number of thiophene rings is 1. The fraction of sp³-hybridized carbons (Fsp3) is 0.0833. The summed E-state index contributed by atoms with van der Waals surface area (Å²) in [5, 5.41) is 10.9. The lowest BCUT2D eigenvalue weighted by molar-refractivity contribution is -0.387. The SMILES string of the molecule is CC(=O)c1cc([N+](=O)[O-])c(Sc2ccc(F)c(F)c2)s1. The zero-order valence-corrected chi connectivity index (χ0v) is 11.7. The van der Waals surface area contributed by atoms with Crippen molar-refractivity contribution in [3.63, 3.8) is 0 Å². The fourth-order valence-corrected chi connectivity index (χ4v) is 3.61. The van der Waals surface area contributed by atoms with E-state index in [1.807, 2.05) is 0 Å². The highest BCUT2D eigenvalue weighted by Gasteiger charge is 2.22. The second-order valence-electron chi connectivity index (χ2n) is 3.77. The molecular weight excluding hydrogens is 308 g/mol. The molecule has 0 saturated heterocycles. The number of halogens is 2. The molecule has 0 N–H and O–H groups in total. The highest BCUT2D eigenvalue weighted by atomic mass is 32.2. The number of Topliss-reactive ketones (excluding diaryl/α,β-unsaturated/α-hetero) is 1. The van der Waals surface area contributed by atoms with Gasteiger partial charge < -0.3 is 0 Å². The Morgan fingerprint density at radius 1 is 1.30 bits per heavy atom. The van der Waals surface area contributed by atoms with Crippen molar-refractivity contribution < 1.29 is 18.5 Å². The standard InChI is InChI=1S/C12H7F2NO3S2/c1-6(16)11-5-10(15(17)18)12(20-11)19-7-2-3-8(13)9(14)4-7/h2-5H,1H3. The van der Waals surface area contributed by atoms with Crippen LogP contribution in [0.25, 0.3) is 0 Å². The van der Waals surface area contributed by atoms with Gasteiger partial charge in [0, 0.05) is 11.0 Å². The third kappa shape index (κ3) is 3.02. The first-order chi connectivity index (χ1) is 9.38. The number of nitrogens with zero attached hydrogens (tertiary/aromatic N) is 1. The van der Waals surface area contributed by atoms with Gasteiger partial charge in [-0.25, -0.2) is 8.78 Å². The Morgan fingerprint density at radius 2 is 2.00 bits per heavy atom. The molecule has 1 heterocycles. The van der Waals surface area contributed by atoms with Crippen molar-refractivity contribution >= 4 is 34.6 Å². The Morgan fingerprint density at radius 3 is 2.55 bits per heavy atom. The third-order valence-electron chi connectivity index (χ3n) is 2.32. The highest BCUT2D eigenvalue weighted by molar-refractivity contribution is 8.01. The first-order valence-electron chi connectivity index (χ1n) is 5.30. The number of benzene rings is 1. The third-order valence-corrected chi connectivity index (χ3v) is 4.73. The van der Waals surface area contributed by atoms with Gasteiger partial charge in [0.1, 0.15) is 4.21 Å². The maximum atomic E-state index is 13.1. The maximum Gasteiger partial charge on any atom is 0.294 e. The van der Waals surface area contributed by atoms with E-state index in [-0.39, 0.29) is 20.6 Å². The Labute approximate surface area is 120 Å². The van der Waals surface area contributed by atoms with Gasteiger partial charge >= 0.3 is 0 Å². The van der Waals surface area contributed by atoms with E-state index in [1.165, 1.54) is 19.1 Å². The van der Waals surface area contributed by atoms with Crippen molar-refractivity contribution in [1.29, 1.82) is 0 Å². The van der Waals surface area contributed by atoms with E-state index >= 15 is 0 Å². The lowest BCUT2D eigenvalue weighted by Gasteiger charge is -1.99. The van der Waals surface area contributed by atoms with Crippen molar-refractivity contribution in [2.75, 3.05) is 0 Å². The van der Waals surface area contributed by atoms with Crippen LogP contribution in [0.15, 0.2) is 33.4 Å². The summed E-state index contributed by atoms with van der Waals surface area (Å²) in [6, 6.07) is 4.41. The number of hydrogen-bond acceptors (Lipinski definition) is 5. The van der Waals surface area contributed by atoms with Gasteiger partial charge in [0.25, 0.3) is 5.69 Å². The van der Waals surface area contributed by atoms with Crippen LogP contribution in [-0.2, 0) is 0 Å². The maximum absolute atomic E-state index is 13.1. The molecule has 2 rings (SSSR count). The van der Waals surface area contributed by atoms with E-state index in [1.54, 1.807) is 0 Å². The molecule has 0 aliphatic rings. The van der Waals surface area contributed by atoms with Crippen molar-refractivity contribution in [2.45, 2.75) is 16.0 Å². The van der Waals surface area contributed by atoms with Crippen molar-refractivity contribution in [3.05, 3.63) is 50.9 Å². The van der Waals surface area contributed by atoms with E-state index in [2.05, 4.69) is 0 Å². The lowest BCUT2D eigenvalue weighted by Crippen LogP contribution is -1.88. The van der Waals surface area contributed by atoms with Crippen LogP contribution in [0, 0.1) is 21.7 Å². The topological polar surface area (TPSA) is 60.2 Å². The van der Waals surface area contributed by atoms with Crippen LogP contribution in [-0.4, -0.2) is 10.7 Å². The van der Waals surface area contributed by atoms with Crippen LogP contribution in [0.4, 0.5) is 14.5 Å². The van der Waals surface area contributed by atoms with Gasteiger partial charge in [-0.1, -0.05) is 11.8 Å². The summed E-state index contributed by atoms with van der Waals surface area (Å²) < 4.78 is 26.2. The minimum Gasteiger partial charge on any atom is -0.294 e. The summed E-state index contributed by atoms with van der Waals surface area (Å²) in [5.74, 6) is -2.30. The number of carbonyl (C=O) groups excluding carboxylic acids is 1. The summed E-state index contributed by atoms with van der Waals surface area (Å²) in [4.78, 5) is 22.1. The van der Waals surface area contributed by atoms with Gasteiger partial charge in [-0.15, -0.1) is 11.3 Å². The molecule has 8 heteroatoms. The fourth-order valence-electron chi connectivity index (χ4n) is 1.39. The van der Waals surface area contributed by atoms with E-state index in [4.69, 9.17) is 0 Å². The summed E-state index contributed by atoms with van der Waals surface area (Å²) in [7, 11) is 0. The van der Waals surface area contributed by atoms with Crippen molar-refractivity contribution in [3.8, 4) is 0 Å². The molecule has 0 spiro atoms. The monoisotopic (exact) mass is 315 g/mol. The number of nitro groups is 1. The van der Waals surface area contributed by atoms with Crippen LogP contribution in [0.1, 0.15) is 16.6 Å². The summed E-state index contributed by atoms with van der Waals surface area (Å²) >= 11 is 1.88. The Balaban J connectivity index is 2.39. The molecule has 0 amide bonds. The average molecular weight is 315 g/mol. The molecule has 0 aliphatic carbocycles. The number of hydrogen-bond donors (Lipinski definition) is 0. The van der Waals surface area contributed by atoms with E-state index < -0.39 is 16.6 Å². The molecule has 2 aromatic rings. The minimum absolute atomic E-state index is 0.213. The average Bonchev–Trinajstić information content (AvgIpc) is 2.78. The first-order valence-corrected chi connectivity index (χ1v) is 6.94. The Bertz CT molecular complexity index is 700. The van der Waals surface area contributed by atoms with E-state index in [9.17, 15) is 23.7 Å². The number of carbonyl (C=O) groups is 1. The largest absolute Gasteiger partial charge is 0.294 e. The second-order valence-corrected chi connectivity index (χ2v) is 6.17. The van der Waals surface area contributed by atoms with Gasteiger partial charge in [-0.05, 0) is 25.1 Å². The summed E-state index contributed by atoms with van der Waals surface area (Å²) in [5.41, 5.74) is -0.213. The molecule has 0 unspecified atom stereocenters. The quantitative estimate of drug-likeness (QED) is 0.480. The zero-order chi connectivity index (χ0) is 14.9. The predicted molar refractivity (Wildman–Crippen MR) is 71.5 cm³/mol. The first kappa shape index (κ1) is 14.6. The summed E-state index contributed by atoms with van der Waals surface area (Å²) in [6.07, 6.45) is 0. The smallest absolute Gasteiger partial charge is 0.294 e. The van der Waals surface area contributed by atoms with Crippen LogP contribution in [0.2, 0.25) is 0 Å². The predicted octanol–water partition coefficient (Wildman–Crippen LogP) is 4.29. The molecule has 0 radical (unpaired) electrons. The molecule has 0 aliphatic heterocycles. The van der Waals surface area contributed by atoms with Gasteiger partial charge in [-0.3, -0.25) is 14.9 Å². The second kappa shape index (κ2) is 5.68. The molecule has 1 aromatic heterocycles. The number of rotatable bonds is 4.